The lowest BCUT2D eigenvalue weighted by Gasteiger charge is -2.18. The molecule has 0 spiro atoms. The highest BCUT2D eigenvalue weighted by atomic mass is 32.1. The number of thiophene rings is 1. The Morgan fingerprint density at radius 3 is 2.57 bits per heavy atom. The molecule has 0 saturated heterocycles. The molecule has 0 bridgehead atoms. The van der Waals surface area contributed by atoms with Gasteiger partial charge >= 0.3 is 5.97 Å². The van der Waals surface area contributed by atoms with Gasteiger partial charge in [-0.05, 0) is 49.5 Å². The number of methoxy groups -OCH3 is 1. The smallest absolute Gasteiger partial charge is 0.348 e. The number of amides is 1. The Morgan fingerprint density at radius 1 is 1.11 bits per heavy atom. The van der Waals surface area contributed by atoms with Crippen LogP contribution in [0.25, 0.3) is 10.9 Å². The van der Waals surface area contributed by atoms with Gasteiger partial charge in [-0.15, -0.1) is 11.3 Å². The second kappa shape index (κ2) is 9.03. The zero-order chi connectivity index (χ0) is 20.1. The third kappa shape index (κ3) is 4.43. The molecule has 0 radical (unpaired) electrons. The number of likely N-dealkylation sites (N-methyl/N-ethyl adjacent to an activating group) is 1. The second-order valence-corrected chi connectivity index (χ2v) is 7.50. The number of rotatable bonds is 8. The minimum Gasteiger partial charge on any atom is -0.465 e. The largest absolute Gasteiger partial charge is 0.465 e. The SMILES string of the molecule is CCN(CC)CCn1ccc2cc(NC(=O)c3ccc(C(=O)OC)s3)ccc21. The lowest BCUT2D eigenvalue weighted by Crippen LogP contribution is -2.26. The first-order valence-electron chi connectivity index (χ1n) is 9.36. The van der Waals surface area contributed by atoms with Gasteiger partial charge in [-0.2, -0.15) is 0 Å². The number of nitrogens with one attached hydrogen (secondary N) is 1. The maximum atomic E-state index is 12.5. The Labute approximate surface area is 168 Å². The Kier molecular flexibility index (Phi) is 6.49. The quantitative estimate of drug-likeness (QED) is 0.580. The van der Waals surface area contributed by atoms with E-state index in [0.717, 1.165) is 54.1 Å². The third-order valence-electron chi connectivity index (χ3n) is 4.80. The number of anilines is 1. The van der Waals surface area contributed by atoms with Gasteiger partial charge in [-0.1, -0.05) is 13.8 Å². The average Bonchev–Trinajstić information content (AvgIpc) is 3.35. The summed E-state index contributed by atoms with van der Waals surface area (Å²) in [5, 5.41) is 3.98. The van der Waals surface area contributed by atoms with Crippen molar-refractivity contribution in [1.82, 2.24) is 9.47 Å². The van der Waals surface area contributed by atoms with Crippen molar-refractivity contribution in [3.05, 3.63) is 52.3 Å². The van der Waals surface area contributed by atoms with Crippen molar-refractivity contribution in [3.63, 3.8) is 0 Å². The molecule has 2 aromatic heterocycles. The predicted molar refractivity (Wildman–Crippen MR) is 113 cm³/mol. The zero-order valence-corrected chi connectivity index (χ0v) is 17.2. The number of carbonyl (C=O) groups is 2. The van der Waals surface area contributed by atoms with Crippen molar-refractivity contribution in [3.8, 4) is 0 Å². The molecule has 0 atom stereocenters. The van der Waals surface area contributed by atoms with Crippen LogP contribution in [0.3, 0.4) is 0 Å². The zero-order valence-electron chi connectivity index (χ0n) is 16.4. The first kappa shape index (κ1) is 20.1. The van der Waals surface area contributed by atoms with Crippen LogP contribution >= 0.6 is 11.3 Å². The van der Waals surface area contributed by atoms with E-state index < -0.39 is 5.97 Å². The molecule has 28 heavy (non-hydrogen) atoms. The average molecular weight is 400 g/mol. The normalized spacial score (nSPS) is 11.1. The molecule has 0 unspecified atom stereocenters. The Hall–Kier alpha value is -2.64. The van der Waals surface area contributed by atoms with E-state index in [-0.39, 0.29) is 5.91 Å². The fourth-order valence-electron chi connectivity index (χ4n) is 3.12. The van der Waals surface area contributed by atoms with Crippen LogP contribution < -0.4 is 5.32 Å². The van der Waals surface area contributed by atoms with E-state index in [2.05, 4.69) is 45.6 Å². The van der Waals surface area contributed by atoms with Crippen molar-refractivity contribution in [1.29, 1.82) is 0 Å². The highest BCUT2D eigenvalue weighted by Gasteiger charge is 2.14. The van der Waals surface area contributed by atoms with Crippen molar-refractivity contribution >= 4 is 39.8 Å². The van der Waals surface area contributed by atoms with Crippen LogP contribution in [0.1, 0.15) is 33.2 Å². The molecule has 1 N–H and O–H groups in total. The maximum Gasteiger partial charge on any atom is 0.348 e. The summed E-state index contributed by atoms with van der Waals surface area (Å²) in [7, 11) is 1.32. The Balaban J connectivity index is 1.70. The van der Waals surface area contributed by atoms with Crippen molar-refractivity contribution in [2.24, 2.45) is 0 Å². The van der Waals surface area contributed by atoms with Gasteiger partial charge in [-0.3, -0.25) is 4.79 Å². The molecule has 0 aliphatic heterocycles. The van der Waals surface area contributed by atoms with Gasteiger partial charge in [0.15, 0.2) is 0 Å². The van der Waals surface area contributed by atoms with Crippen LogP contribution in [0, 0.1) is 0 Å². The molecular weight excluding hydrogens is 374 g/mol. The molecule has 1 amide bonds. The molecule has 1 aromatic carbocycles. The fourth-order valence-corrected chi connectivity index (χ4v) is 3.94. The molecule has 0 saturated carbocycles. The van der Waals surface area contributed by atoms with Gasteiger partial charge in [0.2, 0.25) is 0 Å². The predicted octanol–water partition coefficient (Wildman–Crippen LogP) is 4.08. The Bertz CT molecular complexity index is 972. The van der Waals surface area contributed by atoms with Crippen molar-refractivity contribution in [2.45, 2.75) is 20.4 Å². The van der Waals surface area contributed by atoms with E-state index in [0.29, 0.717) is 9.75 Å². The van der Waals surface area contributed by atoms with Crippen LogP contribution in [-0.4, -0.2) is 48.1 Å². The van der Waals surface area contributed by atoms with Gasteiger partial charge in [0.1, 0.15) is 4.88 Å². The van der Waals surface area contributed by atoms with E-state index in [4.69, 9.17) is 0 Å². The maximum absolute atomic E-state index is 12.5. The van der Waals surface area contributed by atoms with Crippen LogP contribution in [0.4, 0.5) is 5.69 Å². The lowest BCUT2D eigenvalue weighted by atomic mass is 10.2. The highest BCUT2D eigenvalue weighted by Crippen LogP contribution is 2.23. The summed E-state index contributed by atoms with van der Waals surface area (Å²) >= 11 is 1.12. The summed E-state index contributed by atoms with van der Waals surface area (Å²) in [6, 6.07) is 11.2. The minimum absolute atomic E-state index is 0.236. The third-order valence-corrected chi connectivity index (χ3v) is 5.86. The molecule has 3 rings (SSSR count). The molecule has 7 heteroatoms. The van der Waals surface area contributed by atoms with Crippen molar-refractivity contribution in [2.75, 3.05) is 32.1 Å². The molecule has 2 heterocycles. The number of fused-ring (bicyclic) bond motifs is 1. The van der Waals surface area contributed by atoms with E-state index in [1.807, 2.05) is 18.2 Å². The number of esters is 1. The first-order chi connectivity index (χ1) is 13.5. The summed E-state index contributed by atoms with van der Waals surface area (Å²) < 4.78 is 6.92. The summed E-state index contributed by atoms with van der Waals surface area (Å²) in [6.45, 7) is 8.39. The van der Waals surface area contributed by atoms with Crippen LogP contribution in [0.15, 0.2) is 42.6 Å². The number of carbonyl (C=O) groups excluding carboxylic acids is 2. The molecule has 6 nitrogen and oxygen atoms in total. The number of ether oxygens (including phenoxy) is 1. The summed E-state index contributed by atoms with van der Waals surface area (Å²) in [4.78, 5) is 27.3. The van der Waals surface area contributed by atoms with Crippen LogP contribution in [0.5, 0.6) is 0 Å². The highest BCUT2D eigenvalue weighted by molar-refractivity contribution is 7.16. The first-order valence-corrected chi connectivity index (χ1v) is 10.2. The summed E-state index contributed by atoms with van der Waals surface area (Å²) in [5.74, 6) is -0.669. The van der Waals surface area contributed by atoms with Gasteiger partial charge < -0.3 is 19.5 Å². The fraction of sp³-hybridized carbons (Fsp3) is 0.333. The van der Waals surface area contributed by atoms with Gasteiger partial charge in [0.05, 0.1) is 12.0 Å². The Morgan fingerprint density at radius 2 is 1.86 bits per heavy atom. The van der Waals surface area contributed by atoms with Crippen LogP contribution in [0.2, 0.25) is 0 Å². The molecule has 148 valence electrons. The van der Waals surface area contributed by atoms with Crippen molar-refractivity contribution < 1.29 is 14.3 Å². The van der Waals surface area contributed by atoms with Gasteiger partial charge in [-0.25, -0.2) is 4.79 Å². The molecule has 0 aliphatic rings. The number of hydrogen-bond donors (Lipinski definition) is 1. The monoisotopic (exact) mass is 399 g/mol. The minimum atomic E-state index is -0.434. The molecule has 0 fully saturated rings. The number of nitrogens with zero attached hydrogens (tertiary/aromatic N) is 2. The summed E-state index contributed by atoms with van der Waals surface area (Å²) in [6.07, 6.45) is 2.08. The van der Waals surface area contributed by atoms with E-state index >= 15 is 0 Å². The van der Waals surface area contributed by atoms with Gasteiger partial charge in [0.25, 0.3) is 5.91 Å². The lowest BCUT2D eigenvalue weighted by molar-refractivity contribution is 0.0606. The van der Waals surface area contributed by atoms with Gasteiger partial charge in [0, 0.05) is 35.9 Å². The van der Waals surface area contributed by atoms with E-state index in [1.54, 1.807) is 12.1 Å². The number of aromatic nitrogens is 1. The second-order valence-electron chi connectivity index (χ2n) is 6.42. The number of hydrogen-bond acceptors (Lipinski definition) is 5. The molecule has 0 aliphatic carbocycles. The molecular formula is C21H25N3O3S. The number of benzene rings is 1. The molecule has 3 aromatic rings. The van der Waals surface area contributed by atoms with E-state index in [1.165, 1.54) is 7.11 Å². The van der Waals surface area contributed by atoms with Crippen LogP contribution in [-0.2, 0) is 11.3 Å². The standard InChI is InChI=1S/C21H25N3O3S/c1-4-23(5-2)12-13-24-11-10-15-14-16(6-7-17(15)24)22-20(25)18-8-9-19(28-18)21(26)27-3/h6-11,14H,4-5,12-13H2,1-3H3,(H,22,25). The summed E-state index contributed by atoms with van der Waals surface area (Å²) in [5.41, 5.74) is 1.88. The topological polar surface area (TPSA) is 63.6 Å². The van der Waals surface area contributed by atoms with E-state index in [9.17, 15) is 9.59 Å².